The van der Waals surface area contributed by atoms with Gasteiger partial charge in [0.1, 0.15) is 0 Å². The quantitative estimate of drug-likeness (QED) is 0.758. The van der Waals surface area contributed by atoms with Crippen LogP contribution < -0.4 is 5.32 Å². The van der Waals surface area contributed by atoms with E-state index in [1.54, 1.807) is 0 Å². The van der Waals surface area contributed by atoms with Crippen LogP contribution >= 0.6 is 0 Å². The number of likely N-dealkylation sites (tertiary alicyclic amines) is 1. The summed E-state index contributed by atoms with van der Waals surface area (Å²) in [5, 5.41) is 3.95. The van der Waals surface area contributed by atoms with Crippen LogP contribution in [0.5, 0.6) is 0 Å². The summed E-state index contributed by atoms with van der Waals surface area (Å²) < 4.78 is 0. The average Bonchev–Trinajstić information content (AvgIpc) is 2.39. The number of nitrogens with one attached hydrogen (secondary N) is 1. The van der Waals surface area contributed by atoms with E-state index in [0.717, 1.165) is 0 Å². The second-order valence-corrected chi connectivity index (χ2v) is 11.0. The highest BCUT2D eigenvalue weighted by Crippen LogP contribution is 2.58. The summed E-state index contributed by atoms with van der Waals surface area (Å²) in [6.07, 6.45) is 2.05. The van der Waals surface area contributed by atoms with Crippen molar-refractivity contribution in [1.29, 1.82) is 0 Å². The van der Waals surface area contributed by atoms with Gasteiger partial charge in [-0.05, 0) is 65.8 Å². The molecule has 1 N–H and O–H groups in total. The van der Waals surface area contributed by atoms with Gasteiger partial charge in [-0.1, -0.05) is 34.6 Å². The molecule has 2 heterocycles. The van der Waals surface area contributed by atoms with Gasteiger partial charge in [-0.3, -0.25) is 15.1 Å². The fraction of sp³-hybridized carbons (Fsp3) is 1.00. The topological polar surface area (TPSA) is 18.5 Å². The standard InChI is InChI=1S/C21H43N3/c1-14-15(2)23(12)16(3)22-17(14)24-20(8,9)18(4,5)13-19(6,7)21(24,10)11/h14-17,22H,13H2,1-12H3. The number of hydrogen-bond donors (Lipinski definition) is 1. The molecule has 0 aromatic carbocycles. The van der Waals surface area contributed by atoms with Crippen molar-refractivity contribution in [3.63, 3.8) is 0 Å². The summed E-state index contributed by atoms with van der Waals surface area (Å²) in [4.78, 5) is 5.32. The Morgan fingerprint density at radius 1 is 0.792 bits per heavy atom. The Morgan fingerprint density at radius 3 is 1.62 bits per heavy atom. The van der Waals surface area contributed by atoms with E-state index in [4.69, 9.17) is 0 Å². The van der Waals surface area contributed by atoms with Gasteiger partial charge in [-0.15, -0.1) is 0 Å². The fourth-order valence-electron chi connectivity index (χ4n) is 5.40. The first kappa shape index (κ1) is 20.2. The van der Waals surface area contributed by atoms with Crippen LogP contribution in [0.25, 0.3) is 0 Å². The molecule has 0 saturated carbocycles. The molecule has 2 rings (SSSR count). The van der Waals surface area contributed by atoms with Crippen molar-refractivity contribution in [2.24, 2.45) is 16.7 Å². The molecule has 24 heavy (non-hydrogen) atoms. The number of nitrogens with zero attached hydrogens (tertiary/aromatic N) is 2. The Bertz CT molecular complexity index is 451. The molecular weight excluding hydrogens is 294 g/mol. The van der Waals surface area contributed by atoms with Crippen molar-refractivity contribution < 1.29 is 0 Å². The molecule has 0 aromatic heterocycles. The van der Waals surface area contributed by atoms with Gasteiger partial charge >= 0.3 is 0 Å². The number of hydrogen-bond acceptors (Lipinski definition) is 3. The van der Waals surface area contributed by atoms with E-state index < -0.39 is 0 Å². The van der Waals surface area contributed by atoms with E-state index in [1.165, 1.54) is 6.42 Å². The van der Waals surface area contributed by atoms with Crippen LogP contribution in [0.15, 0.2) is 0 Å². The normalized spacial score (nSPS) is 42.0. The maximum absolute atomic E-state index is 3.95. The van der Waals surface area contributed by atoms with E-state index in [9.17, 15) is 0 Å². The molecule has 3 heteroatoms. The zero-order valence-electron chi connectivity index (χ0n) is 18.4. The molecule has 0 aromatic rings. The van der Waals surface area contributed by atoms with Crippen molar-refractivity contribution in [3.05, 3.63) is 0 Å². The van der Waals surface area contributed by atoms with Crippen molar-refractivity contribution >= 4 is 0 Å². The van der Waals surface area contributed by atoms with Gasteiger partial charge in [0.25, 0.3) is 0 Å². The van der Waals surface area contributed by atoms with Crippen molar-refractivity contribution in [2.75, 3.05) is 7.05 Å². The van der Waals surface area contributed by atoms with Crippen LogP contribution in [0.1, 0.15) is 82.6 Å². The third-order valence-electron chi connectivity index (χ3n) is 8.60. The minimum Gasteiger partial charge on any atom is -0.288 e. The van der Waals surface area contributed by atoms with E-state index in [2.05, 4.69) is 98.3 Å². The number of rotatable bonds is 1. The first-order chi connectivity index (χ1) is 10.6. The fourth-order valence-corrected chi connectivity index (χ4v) is 5.40. The second-order valence-electron chi connectivity index (χ2n) is 11.0. The van der Waals surface area contributed by atoms with E-state index in [1.807, 2.05) is 0 Å². The summed E-state index contributed by atoms with van der Waals surface area (Å²) >= 11 is 0. The van der Waals surface area contributed by atoms with Gasteiger partial charge in [0.05, 0.1) is 12.3 Å². The van der Waals surface area contributed by atoms with Gasteiger partial charge in [0, 0.05) is 23.0 Å². The molecule has 0 spiro atoms. The van der Waals surface area contributed by atoms with Crippen LogP contribution in [0.3, 0.4) is 0 Å². The first-order valence-electron chi connectivity index (χ1n) is 9.85. The lowest BCUT2D eigenvalue weighted by atomic mass is 9.53. The molecule has 0 bridgehead atoms. The summed E-state index contributed by atoms with van der Waals surface area (Å²) in [6, 6.07) is 0.575. The summed E-state index contributed by atoms with van der Waals surface area (Å²) in [7, 11) is 2.25. The molecule has 2 saturated heterocycles. The van der Waals surface area contributed by atoms with Gasteiger partial charge in [0.15, 0.2) is 0 Å². The summed E-state index contributed by atoms with van der Waals surface area (Å²) in [6.45, 7) is 26.8. The van der Waals surface area contributed by atoms with Crippen molar-refractivity contribution in [3.8, 4) is 0 Å². The van der Waals surface area contributed by atoms with Crippen LogP contribution in [0.4, 0.5) is 0 Å². The Hall–Kier alpha value is -0.120. The van der Waals surface area contributed by atoms with Crippen LogP contribution in [0.2, 0.25) is 0 Å². The lowest BCUT2D eigenvalue weighted by molar-refractivity contribution is -0.213. The minimum atomic E-state index is 0.132. The minimum absolute atomic E-state index is 0.132. The highest BCUT2D eigenvalue weighted by atomic mass is 15.4. The maximum Gasteiger partial charge on any atom is 0.0659 e. The van der Waals surface area contributed by atoms with E-state index >= 15 is 0 Å². The Balaban J connectivity index is 2.55. The van der Waals surface area contributed by atoms with Crippen LogP contribution in [-0.4, -0.2) is 46.3 Å². The predicted octanol–water partition coefficient (Wildman–Crippen LogP) is 4.53. The molecule has 2 fully saturated rings. The highest BCUT2D eigenvalue weighted by Gasteiger charge is 2.61. The van der Waals surface area contributed by atoms with Crippen molar-refractivity contribution in [2.45, 2.75) is 112 Å². The molecule has 4 unspecified atom stereocenters. The zero-order chi connectivity index (χ0) is 18.9. The second kappa shape index (κ2) is 5.69. The predicted molar refractivity (Wildman–Crippen MR) is 105 cm³/mol. The Morgan fingerprint density at radius 2 is 1.21 bits per heavy atom. The summed E-state index contributed by atoms with van der Waals surface area (Å²) in [5.41, 5.74) is 0.799. The molecule has 2 aliphatic heterocycles. The third-order valence-corrected chi connectivity index (χ3v) is 8.60. The van der Waals surface area contributed by atoms with E-state index in [-0.39, 0.29) is 21.9 Å². The van der Waals surface area contributed by atoms with E-state index in [0.29, 0.717) is 24.3 Å². The smallest absolute Gasteiger partial charge is 0.0659 e. The van der Waals surface area contributed by atoms with Crippen LogP contribution in [0, 0.1) is 16.7 Å². The Labute approximate surface area is 151 Å². The van der Waals surface area contributed by atoms with Gasteiger partial charge < -0.3 is 0 Å². The molecule has 0 radical (unpaired) electrons. The largest absolute Gasteiger partial charge is 0.288 e. The molecular formula is C21H43N3. The molecule has 4 atom stereocenters. The third kappa shape index (κ3) is 2.66. The SMILES string of the molecule is CC1C(C)N(C)C(C)NC1N1C(C)(C)C(C)(C)CC(C)(C)C1(C)C. The van der Waals surface area contributed by atoms with Gasteiger partial charge in [-0.25, -0.2) is 0 Å². The highest BCUT2D eigenvalue weighted by molar-refractivity contribution is 5.15. The van der Waals surface area contributed by atoms with Crippen LogP contribution in [-0.2, 0) is 0 Å². The first-order valence-corrected chi connectivity index (χ1v) is 9.85. The average molecular weight is 338 g/mol. The molecule has 0 aliphatic carbocycles. The van der Waals surface area contributed by atoms with Crippen molar-refractivity contribution in [1.82, 2.24) is 15.1 Å². The van der Waals surface area contributed by atoms with Gasteiger partial charge in [0.2, 0.25) is 0 Å². The maximum atomic E-state index is 3.95. The lowest BCUT2D eigenvalue weighted by Gasteiger charge is -2.70. The monoisotopic (exact) mass is 337 g/mol. The molecule has 0 amide bonds. The number of piperidine rings is 1. The molecule has 142 valence electrons. The molecule has 2 aliphatic rings. The van der Waals surface area contributed by atoms with Gasteiger partial charge in [-0.2, -0.15) is 0 Å². The zero-order valence-corrected chi connectivity index (χ0v) is 18.4. The Kier molecular flexibility index (Phi) is 4.79. The lowest BCUT2D eigenvalue weighted by Crippen LogP contribution is -2.79. The molecule has 3 nitrogen and oxygen atoms in total. The summed E-state index contributed by atoms with van der Waals surface area (Å²) in [5.74, 6) is 0.578.